The predicted molar refractivity (Wildman–Crippen MR) is 86.3 cm³/mol. The maximum Gasteiger partial charge on any atom is 0.337 e. The second-order valence-corrected chi connectivity index (χ2v) is 5.58. The lowest BCUT2D eigenvalue weighted by atomic mass is 10.2. The van der Waals surface area contributed by atoms with Crippen LogP contribution in [0.15, 0.2) is 40.2 Å². The minimum Gasteiger partial charge on any atom is -0.493 e. The molecule has 3 aromatic rings. The monoisotopic (exact) mass is 346 g/mol. The highest BCUT2D eigenvalue weighted by Crippen LogP contribution is 2.29. The Balaban J connectivity index is 1.71. The summed E-state index contributed by atoms with van der Waals surface area (Å²) in [6, 6.07) is 8.59. The maximum atomic E-state index is 11.5. The van der Waals surface area contributed by atoms with Crippen molar-refractivity contribution in [3.05, 3.63) is 47.2 Å². The number of carbonyl (C=O) groups excluding carboxylic acids is 1. The summed E-state index contributed by atoms with van der Waals surface area (Å²) >= 11 is 1.53. The van der Waals surface area contributed by atoms with Gasteiger partial charge in [0.05, 0.1) is 24.7 Å². The van der Waals surface area contributed by atoms with E-state index in [1.165, 1.54) is 25.6 Å². The fraction of sp³-hybridized carbons (Fsp3) is 0.188. The minimum atomic E-state index is -0.447. The number of ether oxygens (including phenoxy) is 3. The lowest BCUT2D eigenvalue weighted by Crippen LogP contribution is -2.03. The molecule has 124 valence electrons. The zero-order valence-corrected chi connectivity index (χ0v) is 13.8. The third kappa shape index (κ3) is 3.38. The van der Waals surface area contributed by atoms with Gasteiger partial charge in [0, 0.05) is 0 Å². The van der Waals surface area contributed by atoms with E-state index in [9.17, 15) is 4.79 Å². The normalized spacial score (nSPS) is 10.4. The number of methoxy groups -OCH3 is 2. The summed E-state index contributed by atoms with van der Waals surface area (Å²) in [6.07, 6.45) is 0. The number of thiophene rings is 1. The standard InChI is InChI=1S/C16H14N2O5S/c1-20-12-8-10(16(19)21-2)5-6-11(12)22-9-14-17-15(18-23-14)13-4-3-7-24-13/h3-8H,9H2,1-2H3. The van der Waals surface area contributed by atoms with Crippen LogP contribution in [0.25, 0.3) is 10.7 Å². The van der Waals surface area contributed by atoms with Crippen molar-refractivity contribution >= 4 is 17.3 Å². The van der Waals surface area contributed by atoms with Crippen molar-refractivity contribution in [2.75, 3.05) is 14.2 Å². The van der Waals surface area contributed by atoms with Crippen molar-refractivity contribution in [1.82, 2.24) is 10.1 Å². The summed E-state index contributed by atoms with van der Waals surface area (Å²) in [5.74, 6) is 1.29. The van der Waals surface area contributed by atoms with E-state index < -0.39 is 5.97 Å². The Morgan fingerprint density at radius 2 is 2.12 bits per heavy atom. The molecule has 0 spiro atoms. The van der Waals surface area contributed by atoms with E-state index in [4.69, 9.17) is 14.0 Å². The van der Waals surface area contributed by atoms with Crippen molar-refractivity contribution in [1.29, 1.82) is 0 Å². The highest BCUT2D eigenvalue weighted by Gasteiger charge is 2.14. The van der Waals surface area contributed by atoms with Crippen LogP contribution in [0.5, 0.6) is 11.5 Å². The number of aromatic nitrogens is 2. The molecule has 0 atom stereocenters. The number of esters is 1. The van der Waals surface area contributed by atoms with Crippen molar-refractivity contribution in [3.8, 4) is 22.2 Å². The van der Waals surface area contributed by atoms with E-state index in [0.717, 1.165) is 4.88 Å². The van der Waals surface area contributed by atoms with Gasteiger partial charge in [-0.1, -0.05) is 11.2 Å². The molecule has 7 nitrogen and oxygen atoms in total. The Kier molecular flexibility index (Phi) is 4.76. The van der Waals surface area contributed by atoms with Gasteiger partial charge in [-0.05, 0) is 29.6 Å². The average molecular weight is 346 g/mol. The van der Waals surface area contributed by atoms with Crippen molar-refractivity contribution in [3.63, 3.8) is 0 Å². The minimum absolute atomic E-state index is 0.0896. The first-order valence-corrected chi connectivity index (χ1v) is 7.85. The van der Waals surface area contributed by atoms with Crippen LogP contribution in [0.1, 0.15) is 16.2 Å². The summed E-state index contributed by atoms with van der Waals surface area (Å²) < 4.78 is 20.7. The van der Waals surface area contributed by atoms with Crippen LogP contribution in [0.4, 0.5) is 0 Å². The fourth-order valence-electron chi connectivity index (χ4n) is 1.99. The van der Waals surface area contributed by atoms with Crippen molar-refractivity contribution in [2.45, 2.75) is 6.61 Å². The van der Waals surface area contributed by atoms with Gasteiger partial charge in [0.25, 0.3) is 5.89 Å². The van der Waals surface area contributed by atoms with Gasteiger partial charge in [0.2, 0.25) is 5.82 Å². The van der Waals surface area contributed by atoms with Crippen molar-refractivity contribution < 1.29 is 23.5 Å². The van der Waals surface area contributed by atoms with Crippen LogP contribution < -0.4 is 9.47 Å². The van der Waals surface area contributed by atoms with Crippen LogP contribution in [0.3, 0.4) is 0 Å². The molecule has 0 saturated carbocycles. The Labute approximate surface area is 141 Å². The molecule has 2 heterocycles. The molecule has 0 fully saturated rings. The van der Waals surface area contributed by atoms with E-state index in [1.54, 1.807) is 18.2 Å². The second-order valence-electron chi connectivity index (χ2n) is 4.63. The van der Waals surface area contributed by atoms with E-state index >= 15 is 0 Å². The van der Waals surface area contributed by atoms with E-state index in [2.05, 4.69) is 14.9 Å². The second kappa shape index (κ2) is 7.14. The van der Waals surface area contributed by atoms with Crippen LogP contribution in [-0.2, 0) is 11.3 Å². The third-order valence-corrected chi connectivity index (χ3v) is 4.01. The third-order valence-electron chi connectivity index (χ3n) is 3.15. The maximum absolute atomic E-state index is 11.5. The molecular formula is C16H14N2O5S. The highest BCUT2D eigenvalue weighted by molar-refractivity contribution is 7.13. The molecule has 3 rings (SSSR count). The Bertz CT molecular complexity index is 829. The van der Waals surface area contributed by atoms with E-state index in [-0.39, 0.29) is 6.61 Å². The molecule has 24 heavy (non-hydrogen) atoms. The molecule has 0 aliphatic heterocycles. The molecule has 0 aliphatic rings. The molecule has 0 saturated heterocycles. The molecule has 8 heteroatoms. The predicted octanol–water partition coefficient (Wildman–Crippen LogP) is 3.17. The zero-order chi connectivity index (χ0) is 16.9. The van der Waals surface area contributed by atoms with Gasteiger partial charge in [-0.15, -0.1) is 11.3 Å². The molecule has 1 aromatic carbocycles. The lowest BCUT2D eigenvalue weighted by Gasteiger charge is -2.10. The Morgan fingerprint density at radius 1 is 1.25 bits per heavy atom. The first kappa shape index (κ1) is 16.0. The number of rotatable bonds is 6. The van der Waals surface area contributed by atoms with Crippen LogP contribution >= 0.6 is 11.3 Å². The summed E-state index contributed by atoms with van der Waals surface area (Å²) in [6.45, 7) is 0.0896. The largest absolute Gasteiger partial charge is 0.493 e. The van der Waals surface area contributed by atoms with Gasteiger partial charge < -0.3 is 18.7 Å². The van der Waals surface area contributed by atoms with Gasteiger partial charge in [-0.3, -0.25) is 0 Å². The number of hydrogen-bond donors (Lipinski definition) is 0. The number of hydrogen-bond acceptors (Lipinski definition) is 8. The van der Waals surface area contributed by atoms with Crippen LogP contribution in [-0.4, -0.2) is 30.3 Å². The topological polar surface area (TPSA) is 83.7 Å². The van der Waals surface area contributed by atoms with Gasteiger partial charge in [-0.2, -0.15) is 4.98 Å². The summed E-state index contributed by atoms with van der Waals surface area (Å²) in [5, 5.41) is 5.85. The molecule has 0 amide bonds. The number of nitrogens with zero attached hydrogens (tertiary/aromatic N) is 2. The number of benzene rings is 1. The average Bonchev–Trinajstić information content (AvgIpc) is 3.30. The summed E-state index contributed by atoms with van der Waals surface area (Å²) in [5.41, 5.74) is 0.375. The SMILES string of the molecule is COC(=O)c1ccc(OCc2nc(-c3cccs3)no2)c(OC)c1. The first-order valence-electron chi connectivity index (χ1n) is 6.97. The number of carbonyl (C=O) groups is 1. The lowest BCUT2D eigenvalue weighted by molar-refractivity contribution is 0.0600. The van der Waals surface area contributed by atoms with E-state index in [0.29, 0.717) is 28.8 Å². The molecule has 0 bridgehead atoms. The molecule has 0 N–H and O–H groups in total. The van der Waals surface area contributed by atoms with Gasteiger partial charge in [0.15, 0.2) is 18.1 Å². The molecule has 0 unspecified atom stereocenters. The zero-order valence-electron chi connectivity index (χ0n) is 13.0. The van der Waals surface area contributed by atoms with Gasteiger partial charge in [-0.25, -0.2) is 4.79 Å². The molecule has 0 radical (unpaired) electrons. The summed E-state index contributed by atoms with van der Waals surface area (Å²) in [4.78, 5) is 16.7. The van der Waals surface area contributed by atoms with Crippen LogP contribution in [0, 0.1) is 0 Å². The van der Waals surface area contributed by atoms with Gasteiger partial charge >= 0.3 is 5.97 Å². The van der Waals surface area contributed by atoms with Crippen LogP contribution in [0.2, 0.25) is 0 Å². The molecular weight excluding hydrogens is 332 g/mol. The fourth-order valence-corrected chi connectivity index (χ4v) is 2.64. The summed E-state index contributed by atoms with van der Waals surface area (Å²) in [7, 11) is 2.81. The Morgan fingerprint density at radius 3 is 2.83 bits per heavy atom. The quantitative estimate of drug-likeness (QED) is 0.634. The van der Waals surface area contributed by atoms with E-state index in [1.807, 2.05) is 17.5 Å². The molecule has 2 aromatic heterocycles. The Hall–Kier alpha value is -2.87. The smallest absolute Gasteiger partial charge is 0.337 e. The first-order chi connectivity index (χ1) is 11.7. The van der Waals surface area contributed by atoms with Crippen molar-refractivity contribution in [2.24, 2.45) is 0 Å². The molecule has 0 aliphatic carbocycles. The highest BCUT2D eigenvalue weighted by atomic mass is 32.1. The van der Waals surface area contributed by atoms with Gasteiger partial charge in [0.1, 0.15) is 0 Å².